The van der Waals surface area contributed by atoms with Crippen LogP contribution >= 0.6 is 0 Å². The summed E-state index contributed by atoms with van der Waals surface area (Å²) in [6.07, 6.45) is 4.26. The summed E-state index contributed by atoms with van der Waals surface area (Å²) in [6, 6.07) is 8.51. The summed E-state index contributed by atoms with van der Waals surface area (Å²) < 4.78 is 15.1. The molecule has 2 heterocycles. The van der Waals surface area contributed by atoms with Gasteiger partial charge >= 0.3 is 0 Å². The molecule has 0 aliphatic carbocycles. The molecule has 0 saturated carbocycles. The third-order valence-corrected chi connectivity index (χ3v) is 5.05. The zero-order valence-electron chi connectivity index (χ0n) is 15.5. The highest BCUT2D eigenvalue weighted by Crippen LogP contribution is 2.21. The van der Waals surface area contributed by atoms with Crippen LogP contribution in [0.4, 0.5) is 4.39 Å². The monoisotopic (exact) mass is 358 g/mol. The summed E-state index contributed by atoms with van der Waals surface area (Å²) in [4.78, 5) is 17.1. The Balaban J connectivity index is 1.69. The Labute approximate surface area is 154 Å². The van der Waals surface area contributed by atoms with Gasteiger partial charge < -0.3 is 4.90 Å². The van der Waals surface area contributed by atoms with Gasteiger partial charge in [0.1, 0.15) is 5.82 Å². The molecule has 1 aromatic carbocycles. The van der Waals surface area contributed by atoms with Gasteiger partial charge in [0, 0.05) is 51.0 Å². The summed E-state index contributed by atoms with van der Waals surface area (Å²) in [5.74, 6) is 0.278. The van der Waals surface area contributed by atoms with E-state index in [2.05, 4.69) is 23.8 Å². The van der Waals surface area contributed by atoms with Crippen LogP contribution in [-0.4, -0.2) is 51.2 Å². The highest BCUT2D eigenvalue weighted by atomic mass is 19.1. The molecule has 0 bridgehead atoms. The lowest BCUT2D eigenvalue weighted by molar-refractivity contribution is -0.134. The minimum atomic E-state index is -0.249. The molecule has 0 spiro atoms. The molecular weight excluding hydrogens is 331 g/mol. The molecule has 3 rings (SSSR count). The van der Waals surface area contributed by atoms with Crippen molar-refractivity contribution in [3.63, 3.8) is 0 Å². The van der Waals surface area contributed by atoms with E-state index in [9.17, 15) is 9.18 Å². The zero-order valence-corrected chi connectivity index (χ0v) is 15.5. The fourth-order valence-electron chi connectivity index (χ4n) is 3.48. The van der Waals surface area contributed by atoms with Crippen LogP contribution in [0.3, 0.4) is 0 Å². The fraction of sp³-hybridized carbons (Fsp3) is 0.500. The molecule has 1 atom stereocenters. The number of nitrogens with zero attached hydrogens (tertiary/aromatic N) is 4. The zero-order chi connectivity index (χ0) is 18.5. The lowest BCUT2D eigenvalue weighted by Gasteiger charge is -2.35. The summed E-state index contributed by atoms with van der Waals surface area (Å²) in [5, 5.41) is 4.25. The van der Waals surface area contributed by atoms with Crippen molar-refractivity contribution in [3.8, 4) is 0 Å². The van der Waals surface area contributed by atoms with Gasteiger partial charge in [-0.1, -0.05) is 26.0 Å². The number of carbonyl (C=O) groups excluding carboxylic acids is 1. The van der Waals surface area contributed by atoms with Gasteiger partial charge in [0.05, 0.1) is 6.54 Å². The first-order valence-corrected chi connectivity index (χ1v) is 9.26. The van der Waals surface area contributed by atoms with Crippen LogP contribution in [0.15, 0.2) is 42.7 Å². The van der Waals surface area contributed by atoms with Crippen LogP contribution in [0.5, 0.6) is 0 Å². The van der Waals surface area contributed by atoms with Crippen LogP contribution in [0.25, 0.3) is 0 Å². The van der Waals surface area contributed by atoms with Crippen molar-refractivity contribution < 1.29 is 9.18 Å². The largest absolute Gasteiger partial charge is 0.334 e. The maximum absolute atomic E-state index is 13.2. The third kappa shape index (κ3) is 4.69. The summed E-state index contributed by atoms with van der Waals surface area (Å²) >= 11 is 0. The number of benzene rings is 1. The van der Waals surface area contributed by atoms with Gasteiger partial charge in [0.2, 0.25) is 5.91 Å². The van der Waals surface area contributed by atoms with Crippen molar-refractivity contribution in [2.75, 3.05) is 19.6 Å². The average Bonchev–Trinajstić information content (AvgIpc) is 3.08. The Morgan fingerprint density at radius 2 is 2.00 bits per heavy atom. The predicted octanol–water partition coefficient (Wildman–Crippen LogP) is 2.78. The SMILES string of the molecule is CC(C)[C@@H]1CN(CCn2cccn2)CCC(=O)N1Cc1ccc(F)cc1. The Kier molecular flexibility index (Phi) is 6.04. The van der Waals surface area contributed by atoms with Crippen LogP contribution in [0.1, 0.15) is 25.8 Å². The van der Waals surface area contributed by atoms with E-state index in [1.165, 1.54) is 12.1 Å². The molecule has 1 aliphatic heterocycles. The minimum absolute atomic E-state index is 0.146. The summed E-state index contributed by atoms with van der Waals surface area (Å²) in [5.41, 5.74) is 0.968. The lowest BCUT2D eigenvalue weighted by Crippen LogP contribution is -2.46. The van der Waals surface area contributed by atoms with Gasteiger partial charge in [-0.2, -0.15) is 5.10 Å². The van der Waals surface area contributed by atoms with E-state index < -0.39 is 0 Å². The van der Waals surface area contributed by atoms with E-state index >= 15 is 0 Å². The van der Waals surface area contributed by atoms with Crippen molar-refractivity contribution in [2.45, 2.75) is 39.4 Å². The third-order valence-electron chi connectivity index (χ3n) is 5.05. The summed E-state index contributed by atoms with van der Waals surface area (Å²) in [7, 11) is 0. The number of halogens is 1. The molecule has 6 heteroatoms. The Morgan fingerprint density at radius 3 is 2.65 bits per heavy atom. The van der Waals surface area contributed by atoms with Gasteiger partial charge in [-0.3, -0.25) is 14.4 Å². The second-order valence-corrected chi connectivity index (χ2v) is 7.28. The second-order valence-electron chi connectivity index (χ2n) is 7.28. The van der Waals surface area contributed by atoms with Crippen molar-refractivity contribution in [1.82, 2.24) is 19.6 Å². The molecule has 140 valence electrons. The van der Waals surface area contributed by atoms with Crippen molar-refractivity contribution in [1.29, 1.82) is 0 Å². The maximum Gasteiger partial charge on any atom is 0.224 e. The normalized spacial score (nSPS) is 19.2. The van der Waals surface area contributed by atoms with Crippen molar-refractivity contribution in [2.24, 2.45) is 5.92 Å². The number of hydrogen-bond donors (Lipinski definition) is 0. The van der Waals surface area contributed by atoms with Gasteiger partial charge in [0.25, 0.3) is 0 Å². The van der Waals surface area contributed by atoms with E-state index in [0.29, 0.717) is 18.9 Å². The molecular formula is C20H27FN4O. The number of amides is 1. The van der Waals surface area contributed by atoms with Gasteiger partial charge in [0.15, 0.2) is 0 Å². The molecule has 0 radical (unpaired) electrons. The molecule has 1 saturated heterocycles. The molecule has 1 aliphatic rings. The molecule has 26 heavy (non-hydrogen) atoms. The van der Waals surface area contributed by atoms with Crippen LogP contribution in [-0.2, 0) is 17.9 Å². The van der Waals surface area contributed by atoms with Crippen LogP contribution in [0, 0.1) is 11.7 Å². The van der Waals surface area contributed by atoms with E-state index in [4.69, 9.17) is 0 Å². The number of aromatic nitrogens is 2. The minimum Gasteiger partial charge on any atom is -0.334 e. The molecule has 0 unspecified atom stereocenters. The smallest absolute Gasteiger partial charge is 0.224 e. The second kappa shape index (κ2) is 8.45. The highest BCUT2D eigenvalue weighted by molar-refractivity contribution is 5.77. The quantitative estimate of drug-likeness (QED) is 0.797. The van der Waals surface area contributed by atoms with Crippen molar-refractivity contribution >= 4 is 5.91 Å². The summed E-state index contributed by atoms with van der Waals surface area (Å²) in [6.45, 7) is 8.18. The first-order chi connectivity index (χ1) is 12.5. The highest BCUT2D eigenvalue weighted by Gasteiger charge is 2.31. The first kappa shape index (κ1) is 18.6. The predicted molar refractivity (Wildman–Crippen MR) is 98.9 cm³/mol. The van der Waals surface area contributed by atoms with Gasteiger partial charge in [-0.05, 0) is 29.7 Å². The van der Waals surface area contributed by atoms with Crippen LogP contribution in [0.2, 0.25) is 0 Å². The molecule has 5 nitrogen and oxygen atoms in total. The van der Waals surface area contributed by atoms with Gasteiger partial charge in [-0.25, -0.2) is 4.39 Å². The molecule has 2 aromatic rings. The van der Waals surface area contributed by atoms with Gasteiger partial charge in [-0.15, -0.1) is 0 Å². The molecule has 0 N–H and O–H groups in total. The van der Waals surface area contributed by atoms with E-state index in [1.807, 2.05) is 21.8 Å². The maximum atomic E-state index is 13.2. The first-order valence-electron chi connectivity index (χ1n) is 9.26. The van der Waals surface area contributed by atoms with Crippen LogP contribution < -0.4 is 0 Å². The number of hydrogen-bond acceptors (Lipinski definition) is 3. The number of rotatable bonds is 6. The standard InChI is InChI=1S/C20H27FN4O/c1-16(2)19-15-23(12-13-24-10-3-9-22-24)11-8-20(26)25(19)14-17-4-6-18(21)7-5-17/h3-7,9-10,16,19H,8,11-15H2,1-2H3/t19-/m0/s1. The number of carbonyl (C=O) groups is 1. The van der Waals surface area contributed by atoms with E-state index in [0.717, 1.165) is 31.7 Å². The molecule has 1 amide bonds. The van der Waals surface area contributed by atoms with E-state index in [-0.39, 0.29) is 17.8 Å². The molecule has 1 aromatic heterocycles. The average molecular weight is 358 g/mol. The lowest BCUT2D eigenvalue weighted by atomic mass is 10.0. The Morgan fingerprint density at radius 1 is 1.23 bits per heavy atom. The fourth-order valence-corrected chi connectivity index (χ4v) is 3.48. The molecule has 1 fully saturated rings. The van der Waals surface area contributed by atoms with E-state index in [1.54, 1.807) is 18.3 Å². The Hall–Kier alpha value is -2.21. The Bertz CT molecular complexity index is 699. The van der Waals surface area contributed by atoms with Crippen molar-refractivity contribution in [3.05, 3.63) is 54.1 Å². The topological polar surface area (TPSA) is 41.4 Å².